The number of hydrogen-bond donors (Lipinski definition) is 6. The fourth-order valence-electron chi connectivity index (χ4n) is 4.25. The van der Waals surface area contributed by atoms with Gasteiger partial charge < -0.3 is 20.8 Å². The smallest absolute Gasteiger partial charge is 0.229 e. The average molecular weight is 599 g/mol. The van der Waals surface area contributed by atoms with Crippen molar-refractivity contribution in [1.29, 1.82) is 0 Å². The zero-order valence-corrected chi connectivity index (χ0v) is 25.2. The molecule has 0 aliphatic carbocycles. The molecular formula is C28H46N4O6S2. The molecule has 0 saturated heterocycles. The largest absolute Gasteiger partial charge is 0.387 e. The molecule has 0 radical (unpaired) electrons. The van der Waals surface area contributed by atoms with Crippen LogP contribution < -0.4 is 20.1 Å². The number of unbranched alkanes of at least 4 members (excludes halogenated alkanes) is 7. The Morgan fingerprint density at radius 3 is 1.15 bits per heavy atom. The van der Waals surface area contributed by atoms with Gasteiger partial charge in [0.05, 0.1) is 24.7 Å². The maximum Gasteiger partial charge on any atom is 0.229 e. The highest BCUT2D eigenvalue weighted by molar-refractivity contribution is 7.92. The van der Waals surface area contributed by atoms with Gasteiger partial charge in [-0.3, -0.25) is 9.44 Å². The normalized spacial score (nSPS) is 13.6. The predicted molar refractivity (Wildman–Crippen MR) is 162 cm³/mol. The van der Waals surface area contributed by atoms with Crippen molar-refractivity contribution in [2.24, 2.45) is 0 Å². The van der Waals surface area contributed by atoms with Crippen LogP contribution in [0.25, 0.3) is 0 Å². The number of aliphatic hydroxyl groups excluding tert-OH is 2. The summed E-state index contributed by atoms with van der Waals surface area (Å²) in [4.78, 5) is 0. The van der Waals surface area contributed by atoms with Gasteiger partial charge in [0, 0.05) is 24.5 Å². The summed E-state index contributed by atoms with van der Waals surface area (Å²) in [5.41, 5.74) is 2.44. The van der Waals surface area contributed by atoms with Gasteiger partial charge in [0.1, 0.15) is 0 Å². The minimum Gasteiger partial charge on any atom is -0.387 e. The predicted octanol–water partition coefficient (Wildman–Crippen LogP) is 3.50. The highest BCUT2D eigenvalue weighted by atomic mass is 32.2. The fraction of sp³-hybridized carbons (Fsp3) is 0.571. The minimum absolute atomic E-state index is 0.457. The monoisotopic (exact) mass is 598 g/mol. The van der Waals surface area contributed by atoms with Crippen molar-refractivity contribution in [3.05, 3.63) is 59.7 Å². The molecule has 6 N–H and O–H groups in total. The lowest BCUT2D eigenvalue weighted by Crippen LogP contribution is -2.22. The molecule has 2 rings (SSSR count). The Morgan fingerprint density at radius 1 is 0.550 bits per heavy atom. The molecule has 0 fully saturated rings. The van der Waals surface area contributed by atoms with Crippen molar-refractivity contribution in [1.82, 2.24) is 10.6 Å². The first-order valence-corrected chi connectivity index (χ1v) is 17.6. The highest BCUT2D eigenvalue weighted by Crippen LogP contribution is 2.18. The lowest BCUT2D eigenvalue weighted by molar-refractivity contribution is 0.174. The van der Waals surface area contributed by atoms with Crippen LogP contribution in [-0.2, 0) is 20.0 Å². The molecule has 0 spiro atoms. The molecule has 2 aromatic carbocycles. The van der Waals surface area contributed by atoms with Crippen LogP contribution in [0.3, 0.4) is 0 Å². The zero-order chi connectivity index (χ0) is 29.4. The molecule has 2 unspecified atom stereocenters. The van der Waals surface area contributed by atoms with E-state index < -0.39 is 32.3 Å². The van der Waals surface area contributed by atoms with Crippen molar-refractivity contribution in [2.75, 3.05) is 48.1 Å². The van der Waals surface area contributed by atoms with Crippen LogP contribution in [-0.4, -0.2) is 65.7 Å². The topological polar surface area (TPSA) is 157 Å². The molecule has 0 aromatic heterocycles. The van der Waals surface area contributed by atoms with Gasteiger partial charge in [-0.2, -0.15) is 0 Å². The number of benzene rings is 2. The third-order valence-corrected chi connectivity index (χ3v) is 7.54. The van der Waals surface area contributed by atoms with E-state index in [9.17, 15) is 27.0 Å². The van der Waals surface area contributed by atoms with E-state index in [1.807, 2.05) is 0 Å². The fourth-order valence-corrected chi connectivity index (χ4v) is 5.38. The number of anilines is 2. The summed E-state index contributed by atoms with van der Waals surface area (Å²) in [7, 11) is -6.62. The number of nitrogens with one attached hydrogen (secondary N) is 4. The van der Waals surface area contributed by atoms with Gasteiger partial charge in [0.15, 0.2) is 0 Å². The first-order chi connectivity index (χ1) is 18.9. The van der Waals surface area contributed by atoms with Crippen LogP contribution in [0.1, 0.15) is 74.7 Å². The summed E-state index contributed by atoms with van der Waals surface area (Å²) < 4.78 is 49.9. The van der Waals surface area contributed by atoms with Gasteiger partial charge in [-0.1, -0.05) is 62.8 Å². The second-order valence-corrected chi connectivity index (χ2v) is 13.8. The molecule has 12 heteroatoms. The van der Waals surface area contributed by atoms with E-state index in [-0.39, 0.29) is 0 Å². The van der Waals surface area contributed by atoms with Crippen molar-refractivity contribution in [3.8, 4) is 0 Å². The molecule has 0 bridgehead atoms. The van der Waals surface area contributed by atoms with Crippen LogP contribution in [0.5, 0.6) is 0 Å². The number of sulfonamides is 2. The lowest BCUT2D eigenvalue weighted by atomic mass is 10.1. The van der Waals surface area contributed by atoms with Crippen LogP contribution >= 0.6 is 0 Å². The van der Waals surface area contributed by atoms with Gasteiger partial charge in [0.25, 0.3) is 0 Å². The summed E-state index contributed by atoms with van der Waals surface area (Å²) in [6.45, 7) is 2.62. The van der Waals surface area contributed by atoms with Crippen molar-refractivity contribution in [3.63, 3.8) is 0 Å². The lowest BCUT2D eigenvalue weighted by Gasteiger charge is -2.13. The highest BCUT2D eigenvalue weighted by Gasteiger charge is 2.09. The summed E-state index contributed by atoms with van der Waals surface area (Å²) in [5, 5.41) is 27.2. The molecule has 0 saturated carbocycles. The molecule has 0 aliphatic rings. The molecule has 2 atom stereocenters. The van der Waals surface area contributed by atoms with Gasteiger partial charge in [-0.25, -0.2) is 16.8 Å². The summed E-state index contributed by atoms with van der Waals surface area (Å²) in [6, 6.07) is 13.5. The summed E-state index contributed by atoms with van der Waals surface area (Å²) >= 11 is 0. The van der Waals surface area contributed by atoms with E-state index in [0.717, 1.165) is 62.4 Å². The number of hydrogen-bond acceptors (Lipinski definition) is 8. The molecular weight excluding hydrogens is 552 g/mol. The van der Waals surface area contributed by atoms with Crippen LogP contribution in [0.15, 0.2) is 48.5 Å². The second-order valence-electron chi connectivity index (χ2n) is 10.3. The van der Waals surface area contributed by atoms with Gasteiger partial charge in [0.2, 0.25) is 20.0 Å². The summed E-state index contributed by atoms with van der Waals surface area (Å²) in [5.74, 6) is 0. The number of aliphatic hydroxyl groups is 2. The second kappa shape index (κ2) is 17.6. The van der Waals surface area contributed by atoms with Crippen LogP contribution in [0.2, 0.25) is 0 Å². The third kappa shape index (κ3) is 15.5. The Bertz CT molecular complexity index is 1090. The molecule has 226 valence electrons. The van der Waals surface area contributed by atoms with E-state index in [1.54, 1.807) is 48.5 Å². The quantitative estimate of drug-likeness (QED) is 0.119. The average Bonchev–Trinajstić information content (AvgIpc) is 2.87. The van der Waals surface area contributed by atoms with Crippen LogP contribution in [0.4, 0.5) is 11.4 Å². The van der Waals surface area contributed by atoms with Crippen molar-refractivity contribution >= 4 is 31.4 Å². The Labute approximate surface area is 240 Å². The molecule has 0 aliphatic heterocycles. The van der Waals surface area contributed by atoms with E-state index in [0.29, 0.717) is 24.5 Å². The number of rotatable bonds is 21. The van der Waals surface area contributed by atoms with Crippen molar-refractivity contribution < 1.29 is 27.0 Å². The molecule has 40 heavy (non-hydrogen) atoms. The summed E-state index contributed by atoms with van der Waals surface area (Å²) in [6.07, 6.45) is 10.2. The Morgan fingerprint density at radius 2 is 0.850 bits per heavy atom. The van der Waals surface area contributed by atoms with E-state index in [1.165, 1.54) is 25.7 Å². The Kier molecular flexibility index (Phi) is 14.9. The maximum atomic E-state index is 11.3. The van der Waals surface area contributed by atoms with Crippen molar-refractivity contribution in [2.45, 2.75) is 63.6 Å². The van der Waals surface area contributed by atoms with E-state index >= 15 is 0 Å². The Balaban J connectivity index is 1.41. The standard InChI is InChI=1S/C28H46N4O6S2/c1-39(35,36)31-25-15-11-23(12-16-25)27(33)21-29-19-9-7-5-3-4-6-8-10-20-30-22-28(34)24-13-17-26(18-14-24)32-40(2,37)38/h11-18,27-34H,3-10,19-22H2,1-2H3. The van der Waals surface area contributed by atoms with Gasteiger partial charge >= 0.3 is 0 Å². The van der Waals surface area contributed by atoms with Crippen LogP contribution in [0, 0.1) is 0 Å². The first-order valence-electron chi connectivity index (χ1n) is 13.9. The Hall–Kier alpha value is -2.22. The van der Waals surface area contributed by atoms with Gasteiger partial charge in [-0.05, 0) is 61.3 Å². The van der Waals surface area contributed by atoms with E-state index in [2.05, 4.69) is 20.1 Å². The minimum atomic E-state index is -3.31. The molecule has 2 aromatic rings. The zero-order valence-electron chi connectivity index (χ0n) is 23.6. The third-order valence-electron chi connectivity index (χ3n) is 6.33. The SMILES string of the molecule is CS(=O)(=O)Nc1ccc(C(O)CNCCCCCCCCCCNCC(O)c2ccc(NS(C)(=O)=O)cc2)cc1. The molecule has 0 heterocycles. The van der Waals surface area contributed by atoms with Gasteiger partial charge in [-0.15, -0.1) is 0 Å². The van der Waals surface area contributed by atoms with E-state index in [4.69, 9.17) is 0 Å². The molecule has 0 amide bonds. The molecule has 10 nitrogen and oxygen atoms in total. The maximum absolute atomic E-state index is 11.3. The first kappa shape index (κ1) is 34.0.